The number of likely N-dealkylation sites (tertiary alicyclic amines) is 1. The molecule has 1 saturated carbocycles. The second kappa shape index (κ2) is 10.9. The number of likely N-dealkylation sites (N-methyl/N-ethyl adjacent to an activating group) is 1. The zero-order chi connectivity index (χ0) is 28.0. The van der Waals surface area contributed by atoms with Gasteiger partial charge in [0.2, 0.25) is 0 Å². The van der Waals surface area contributed by atoms with E-state index in [9.17, 15) is 14.7 Å². The van der Waals surface area contributed by atoms with Crippen molar-refractivity contribution in [2.45, 2.75) is 70.4 Å². The van der Waals surface area contributed by atoms with Crippen molar-refractivity contribution in [3.63, 3.8) is 0 Å². The zero-order valence-corrected chi connectivity index (χ0v) is 24.0. The maximum absolute atomic E-state index is 13.4. The maximum atomic E-state index is 13.4. The monoisotopic (exact) mass is 543 g/mol. The molecule has 7 heteroatoms. The number of hydrogen-bond acceptors (Lipinski definition) is 4. The van der Waals surface area contributed by atoms with Gasteiger partial charge in [0.15, 0.2) is 0 Å². The average Bonchev–Trinajstić information content (AvgIpc) is 3.48. The third kappa shape index (κ3) is 4.68. The van der Waals surface area contributed by atoms with Gasteiger partial charge in [-0.2, -0.15) is 0 Å². The van der Waals surface area contributed by atoms with Crippen LogP contribution in [0, 0.1) is 5.92 Å². The van der Waals surface area contributed by atoms with Crippen LogP contribution in [0.1, 0.15) is 84.5 Å². The van der Waals surface area contributed by atoms with E-state index < -0.39 is 5.97 Å². The van der Waals surface area contributed by atoms with Gasteiger partial charge in [-0.25, -0.2) is 9.59 Å². The number of rotatable bonds is 6. The molecule has 1 aliphatic carbocycles. The van der Waals surface area contributed by atoms with E-state index in [1.165, 1.54) is 52.6 Å². The smallest absolute Gasteiger partial charge is 0.410 e. The van der Waals surface area contributed by atoms with Crippen LogP contribution in [0.5, 0.6) is 0 Å². The molecule has 1 amide bonds. The number of aromatic carboxylic acids is 1. The zero-order valence-electron chi connectivity index (χ0n) is 24.0. The van der Waals surface area contributed by atoms with Crippen LogP contribution < -0.4 is 0 Å². The Morgan fingerprint density at radius 1 is 1.05 bits per heavy atom. The SMILES string of the molecule is CCc1ccc2c(c1)[C@H]1[C@@H](CCN1C(=O)OCCN(C)C)Cn1c-2c(C2CCCCC2)c2ccc(C(=O)O)cc21. The lowest BCUT2D eigenvalue weighted by Crippen LogP contribution is -2.34. The van der Waals surface area contributed by atoms with Crippen LogP contribution in [-0.4, -0.2) is 65.3 Å². The summed E-state index contributed by atoms with van der Waals surface area (Å²) in [4.78, 5) is 29.4. The summed E-state index contributed by atoms with van der Waals surface area (Å²) >= 11 is 0. The number of amides is 1. The van der Waals surface area contributed by atoms with Crippen molar-refractivity contribution in [2.75, 3.05) is 33.8 Å². The van der Waals surface area contributed by atoms with E-state index in [-0.39, 0.29) is 18.1 Å². The molecule has 2 aliphatic heterocycles. The average molecular weight is 544 g/mol. The summed E-state index contributed by atoms with van der Waals surface area (Å²) in [7, 11) is 3.96. The fraction of sp³-hybridized carbons (Fsp3) is 0.515. The molecule has 7 nitrogen and oxygen atoms in total. The van der Waals surface area contributed by atoms with Gasteiger partial charge >= 0.3 is 12.1 Å². The quantitative estimate of drug-likeness (QED) is 0.375. The summed E-state index contributed by atoms with van der Waals surface area (Å²) in [6.45, 7) is 4.66. The van der Waals surface area contributed by atoms with E-state index >= 15 is 0 Å². The number of fused-ring (bicyclic) bond motifs is 7. The minimum atomic E-state index is -0.899. The Kier molecular flexibility index (Phi) is 7.34. The Balaban J connectivity index is 1.53. The molecule has 2 aromatic carbocycles. The molecule has 212 valence electrons. The second-order valence-corrected chi connectivity index (χ2v) is 12.1. The number of carbonyl (C=O) groups is 2. The fourth-order valence-electron chi connectivity index (χ4n) is 7.39. The van der Waals surface area contributed by atoms with Gasteiger partial charge in [0, 0.05) is 42.0 Å². The first-order valence-corrected chi connectivity index (χ1v) is 15.0. The molecule has 3 aliphatic rings. The number of carboxylic acids is 1. The predicted octanol–water partition coefficient (Wildman–Crippen LogP) is 6.69. The largest absolute Gasteiger partial charge is 0.478 e. The molecule has 1 aromatic heterocycles. The summed E-state index contributed by atoms with van der Waals surface area (Å²) in [6.07, 6.45) is 7.63. The predicted molar refractivity (Wildman–Crippen MR) is 157 cm³/mol. The Morgan fingerprint density at radius 3 is 2.58 bits per heavy atom. The van der Waals surface area contributed by atoms with Crippen molar-refractivity contribution in [1.82, 2.24) is 14.4 Å². The van der Waals surface area contributed by atoms with Gasteiger partial charge in [0.1, 0.15) is 6.61 Å². The molecule has 2 fully saturated rings. The van der Waals surface area contributed by atoms with Crippen LogP contribution >= 0.6 is 0 Å². The highest BCUT2D eigenvalue weighted by molar-refractivity contribution is 5.98. The molecular formula is C33H41N3O4. The van der Waals surface area contributed by atoms with Gasteiger partial charge in [-0.3, -0.25) is 0 Å². The summed E-state index contributed by atoms with van der Waals surface area (Å²) in [5.74, 6) is -0.229. The molecule has 1 N–H and O–H groups in total. The molecule has 1 saturated heterocycles. The highest BCUT2D eigenvalue weighted by atomic mass is 16.6. The van der Waals surface area contributed by atoms with Gasteiger partial charge in [-0.15, -0.1) is 0 Å². The summed E-state index contributed by atoms with van der Waals surface area (Å²) in [5, 5.41) is 11.0. The maximum Gasteiger partial charge on any atom is 0.410 e. The normalized spacial score (nSPS) is 20.8. The van der Waals surface area contributed by atoms with Crippen molar-refractivity contribution in [2.24, 2.45) is 5.92 Å². The molecule has 0 radical (unpaired) electrons. The number of hydrogen-bond donors (Lipinski definition) is 1. The second-order valence-electron chi connectivity index (χ2n) is 12.1. The highest BCUT2D eigenvalue weighted by Gasteiger charge is 2.43. The lowest BCUT2D eigenvalue weighted by Gasteiger charge is -2.29. The summed E-state index contributed by atoms with van der Waals surface area (Å²) in [5.41, 5.74) is 7.60. The van der Waals surface area contributed by atoms with Crippen LogP contribution in [0.25, 0.3) is 22.2 Å². The molecular weight excluding hydrogens is 502 g/mol. The Labute approximate surface area is 236 Å². The number of aryl methyl sites for hydroxylation is 1. The van der Waals surface area contributed by atoms with E-state index in [1.54, 1.807) is 6.07 Å². The first-order valence-electron chi connectivity index (χ1n) is 15.0. The molecule has 3 aromatic rings. The summed E-state index contributed by atoms with van der Waals surface area (Å²) < 4.78 is 8.17. The van der Waals surface area contributed by atoms with Crippen LogP contribution in [0.2, 0.25) is 0 Å². The molecule has 0 unspecified atom stereocenters. The fourth-order valence-corrected chi connectivity index (χ4v) is 7.39. The number of benzene rings is 2. The lowest BCUT2D eigenvalue weighted by atomic mass is 9.80. The number of carbonyl (C=O) groups excluding carboxylic acids is 1. The Hall–Kier alpha value is -3.32. The van der Waals surface area contributed by atoms with E-state index in [0.717, 1.165) is 37.7 Å². The van der Waals surface area contributed by atoms with Crippen LogP contribution in [-0.2, 0) is 17.7 Å². The van der Waals surface area contributed by atoms with Crippen molar-refractivity contribution in [3.8, 4) is 11.3 Å². The van der Waals surface area contributed by atoms with E-state index in [2.05, 4.69) is 29.7 Å². The third-order valence-electron chi connectivity index (χ3n) is 9.40. The van der Waals surface area contributed by atoms with Gasteiger partial charge in [-0.05, 0) is 74.5 Å². The van der Waals surface area contributed by atoms with E-state index in [4.69, 9.17) is 4.74 Å². The van der Waals surface area contributed by atoms with Crippen LogP contribution in [0.4, 0.5) is 4.79 Å². The van der Waals surface area contributed by atoms with E-state index in [1.807, 2.05) is 36.0 Å². The van der Waals surface area contributed by atoms with Crippen molar-refractivity contribution in [1.29, 1.82) is 0 Å². The van der Waals surface area contributed by atoms with Gasteiger partial charge in [-0.1, -0.05) is 50.5 Å². The van der Waals surface area contributed by atoms with Crippen LogP contribution in [0.3, 0.4) is 0 Å². The molecule has 2 atom stereocenters. The number of carboxylic acid groups (broad SMARTS) is 1. The van der Waals surface area contributed by atoms with Crippen LogP contribution in [0.15, 0.2) is 36.4 Å². The molecule has 0 bridgehead atoms. The molecule has 6 rings (SSSR count). The Morgan fingerprint density at radius 2 is 1.85 bits per heavy atom. The van der Waals surface area contributed by atoms with Crippen molar-refractivity contribution in [3.05, 3.63) is 58.7 Å². The standard InChI is InChI=1S/C33H41N3O4/c1-4-21-10-12-25-27(18-21)30-24(14-15-35(30)33(39)40-17-16-34(2)3)20-36-28-19-23(32(37)38)11-13-26(28)29(31(25)36)22-8-6-5-7-9-22/h10-13,18-19,22,24,30H,4-9,14-17,20H2,1-3H3,(H,37,38)/t24-,30+/m0/s1. The third-order valence-corrected chi connectivity index (χ3v) is 9.40. The number of ether oxygens (including phenoxy) is 1. The van der Waals surface area contributed by atoms with Gasteiger partial charge in [0.25, 0.3) is 0 Å². The molecule has 3 heterocycles. The topological polar surface area (TPSA) is 75.0 Å². The van der Waals surface area contributed by atoms with Crippen molar-refractivity contribution < 1.29 is 19.4 Å². The van der Waals surface area contributed by atoms with Gasteiger partial charge in [0.05, 0.1) is 17.3 Å². The minimum Gasteiger partial charge on any atom is -0.478 e. The number of aromatic nitrogens is 1. The first-order chi connectivity index (χ1) is 19.4. The van der Waals surface area contributed by atoms with E-state index in [0.29, 0.717) is 31.2 Å². The minimum absolute atomic E-state index is 0.0647. The van der Waals surface area contributed by atoms with Crippen molar-refractivity contribution >= 4 is 23.0 Å². The Bertz CT molecular complexity index is 1440. The highest BCUT2D eigenvalue weighted by Crippen LogP contribution is 2.51. The molecule has 40 heavy (non-hydrogen) atoms. The number of nitrogens with zero attached hydrogens (tertiary/aromatic N) is 3. The molecule has 0 spiro atoms. The van der Waals surface area contributed by atoms with Gasteiger partial charge < -0.3 is 24.2 Å². The lowest BCUT2D eigenvalue weighted by molar-refractivity contribution is 0.0696. The first kappa shape index (κ1) is 26.9. The summed E-state index contributed by atoms with van der Waals surface area (Å²) in [6, 6.07) is 12.4.